The van der Waals surface area contributed by atoms with Gasteiger partial charge in [-0.2, -0.15) is 18.4 Å². The first-order valence-electron chi connectivity index (χ1n) is 7.61. The van der Waals surface area contributed by atoms with Gasteiger partial charge in [-0.3, -0.25) is 16.0 Å². The molecule has 13 heteroatoms. The van der Waals surface area contributed by atoms with E-state index < -0.39 is 11.7 Å². The molecule has 0 radical (unpaired) electrons. The van der Waals surface area contributed by atoms with Gasteiger partial charge in [-0.15, -0.1) is 0 Å². The van der Waals surface area contributed by atoms with Crippen LogP contribution in [-0.2, 0) is 12.7 Å². The van der Waals surface area contributed by atoms with Crippen molar-refractivity contribution in [1.82, 2.24) is 26.0 Å². The minimum Gasteiger partial charge on any atom is -0.348 e. The predicted octanol–water partition coefficient (Wildman–Crippen LogP) is 1.63. The second-order valence-electron chi connectivity index (χ2n) is 5.45. The van der Waals surface area contributed by atoms with Crippen molar-refractivity contribution < 1.29 is 23.0 Å². The molecule has 0 saturated carbocycles. The first-order chi connectivity index (χ1) is 13.3. The fourth-order valence-corrected chi connectivity index (χ4v) is 1.99. The molecule has 0 amide bonds. The molecule has 10 nitrogen and oxygen atoms in total. The van der Waals surface area contributed by atoms with Gasteiger partial charge < -0.3 is 4.90 Å². The molecular weight excluding hydrogens is 381 g/mol. The Labute approximate surface area is 156 Å². The van der Waals surface area contributed by atoms with Gasteiger partial charge in [0, 0.05) is 14.1 Å². The first-order valence-corrected chi connectivity index (χ1v) is 7.61. The highest BCUT2D eigenvalue weighted by atomic mass is 19.4. The topological polar surface area (TPSA) is 135 Å². The van der Waals surface area contributed by atoms with Crippen molar-refractivity contribution in [3.05, 3.63) is 41.2 Å². The van der Waals surface area contributed by atoms with Crippen LogP contribution in [0.1, 0.15) is 17.0 Å². The number of hydroxylamine groups is 1. The Bertz CT molecular complexity index is 914. The second kappa shape index (κ2) is 8.82. The number of nitriles is 1. The summed E-state index contributed by atoms with van der Waals surface area (Å²) in [5.41, 5.74) is 0.865. The zero-order valence-electron chi connectivity index (χ0n) is 14.7. The molecule has 2 aromatic rings. The Balaban J connectivity index is 2.34. The number of halogens is 3. The molecule has 1 heterocycles. The first kappa shape index (κ1) is 20.6. The normalized spacial score (nSPS) is 12.5. The summed E-state index contributed by atoms with van der Waals surface area (Å²) in [6.07, 6.45) is -2.81. The number of hydrogen-bond donors (Lipinski definition) is 3. The largest absolute Gasteiger partial charge is 0.416 e. The van der Waals surface area contributed by atoms with Crippen LogP contribution in [0.3, 0.4) is 0 Å². The van der Waals surface area contributed by atoms with Crippen LogP contribution in [0.15, 0.2) is 38.9 Å². The molecule has 0 bridgehead atoms. The van der Waals surface area contributed by atoms with Gasteiger partial charge in [-0.25, -0.2) is 14.6 Å². The lowest BCUT2D eigenvalue weighted by Crippen LogP contribution is -2.33. The van der Waals surface area contributed by atoms with Crippen molar-refractivity contribution >= 4 is 17.5 Å². The Hall–Kier alpha value is -3.66. The van der Waals surface area contributed by atoms with Crippen molar-refractivity contribution in [1.29, 1.82) is 5.26 Å². The number of aliphatic imine (C=N–C) groups is 2. The molecule has 0 aliphatic carbocycles. The third-order valence-electron chi connectivity index (χ3n) is 3.27. The van der Waals surface area contributed by atoms with E-state index in [1.807, 2.05) is 0 Å². The third kappa shape index (κ3) is 5.17. The molecule has 0 unspecified atom stereocenters. The van der Waals surface area contributed by atoms with Crippen LogP contribution in [0.5, 0.6) is 0 Å². The van der Waals surface area contributed by atoms with Gasteiger partial charge in [0.25, 0.3) is 0 Å². The monoisotopic (exact) mass is 396 g/mol. The van der Waals surface area contributed by atoms with Crippen LogP contribution in [0.2, 0.25) is 0 Å². The summed E-state index contributed by atoms with van der Waals surface area (Å²) in [6, 6.07) is 4.20. The quantitative estimate of drug-likeness (QED) is 0.233. The van der Waals surface area contributed by atoms with Crippen LogP contribution in [-0.4, -0.2) is 46.3 Å². The molecule has 28 heavy (non-hydrogen) atoms. The standard InChI is InChI=1S/C15H15F3N8O2/c1-26(2)14(21-8-19)20-7-11-12(25-28-24-11)13(23-27)22-10-5-3-4-9(6-10)15(16,17)18/h3-6,27H,7H2,1-2H3,(H,20,21)(H,22,23). The van der Waals surface area contributed by atoms with E-state index in [2.05, 4.69) is 30.2 Å². The third-order valence-corrected chi connectivity index (χ3v) is 3.27. The molecular formula is C15H15F3N8O2. The van der Waals surface area contributed by atoms with E-state index in [0.29, 0.717) is 0 Å². The summed E-state index contributed by atoms with van der Waals surface area (Å²) >= 11 is 0. The Morgan fingerprint density at radius 1 is 1.36 bits per heavy atom. The molecule has 0 spiro atoms. The summed E-state index contributed by atoms with van der Waals surface area (Å²) in [6.45, 7) is -0.107. The maximum absolute atomic E-state index is 12.8. The zero-order chi connectivity index (χ0) is 20.7. The number of nitrogens with zero attached hydrogens (tertiary/aromatic N) is 6. The molecule has 148 valence electrons. The molecule has 3 N–H and O–H groups in total. The number of aromatic nitrogens is 2. The highest BCUT2D eigenvalue weighted by molar-refractivity contribution is 5.98. The number of guanidine groups is 1. The minimum atomic E-state index is -4.54. The summed E-state index contributed by atoms with van der Waals surface area (Å²) in [5.74, 6) is -0.0600. The van der Waals surface area contributed by atoms with E-state index in [1.54, 1.807) is 30.7 Å². The lowest BCUT2D eigenvalue weighted by Gasteiger charge is -2.12. The van der Waals surface area contributed by atoms with Crippen molar-refractivity contribution in [2.75, 3.05) is 14.1 Å². The van der Waals surface area contributed by atoms with Gasteiger partial charge in [-0.05, 0) is 23.4 Å². The summed E-state index contributed by atoms with van der Waals surface area (Å²) in [4.78, 5) is 9.58. The van der Waals surface area contributed by atoms with Gasteiger partial charge in [0.1, 0.15) is 5.69 Å². The van der Waals surface area contributed by atoms with Gasteiger partial charge in [-0.1, -0.05) is 11.2 Å². The summed E-state index contributed by atoms with van der Waals surface area (Å²) in [7, 11) is 3.31. The van der Waals surface area contributed by atoms with E-state index in [0.717, 1.165) is 12.1 Å². The van der Waals surface area contributed by atoms with Crippen LogP contribution in [0.25, 0.3) is 0 Å². The number of hydrogen-bond acceptors (Lipinski definition) is 7. The second-order valence-corrected chi connectivity index (χ2v) is 5.45. The van der Waals surface area contributed by atoms with Crippen molar-refractivity contribution in [3.63, 3.8) is 0 Å². The number of benzene rings is 1. The van der Waals surface area contributed by atoms with E-state index in [9.17, 15) is 18.4 Å². The Kier molecular flexibility index (Phi) is 6.51. The summed E-state index contributed by atoms with van der Waals surface area (Å²) in [5, 5.41) is 27.7. The smallest absolute Gasteiger partial charge is 0.348 e. The van der Waals surface area contributed by atoms with Crippen LogP contribution >= 0.6 is 0 Å². The molecule has 0 saturated heterocycles. The number of nitrogens with one attached hydrogen (secondary N) is 2. The molecule has 1 aromatic carbocycles. The predicted molar refractivity (Wildman–Crippen MR) is 90.4 cm³/mol. The van der Waals surface area contributed by atoms with Gasteiger partial charge in [0.15, 0.2) is 17.7 Å². The molecule has 0 atom stereocenters. The maximum atomic E-state index is 12.8. The molecule has 2 rings (SSSR count). The highest BCUT2D eigenvalue weighted by Gasteiger charge is 2.30. The molecule has 0 fully saturated rings. The fourth-order valence-electron chi connectivity index (χ4n) is 1.99. The fraction of sp³-hybridized carbons (Fsp3) is 0.267. The SMILES string of the molecule is CN(C)C(=NCc1nonc1C(=Nc1cccc(C(F)(F)F)c1)NO)NC#N. The number of alkyl halides is 3. The molecule has 1 aromatic heterocycles. The lowest BCUT2D eigenvalue weighted by atomic mass is 10.2. The molecule has 0 aliphatic rings. The van der Waals surface area contributed by atoms with Crippen LogP contribution in [0.4, 0.5) is 18.9 Å². The average molecular weight is 396 g/mol. The Morgan fingerprint density at radius 2 is 2.11 bits per heavy atom. The minimum absolute atomic E-state index is 0.0567. The Morgan fingerprint density at radius 3 is 2.71 bits per heavy atom. The zero-order valence-corrected chi connectivity index (χ0v) is 14.7. The average Bonchev–Trinajstić information content (AvgIpc) is 3.10. The number of rotatable bonds is 4. The summed E-state index contributed by atoms with van der Waals surface area (Å²) < 4.78 is 43.1. The van der Waals surface area contributed by atoms with E-state index in [4.69, 9.17) is 5.26 Å². The van der Waals surface area contributed by atoms with Gasteiger partial charge >= 0.3 is 6.18 Å². The maximum Gasteiger partial charge on any atom is 0.416 e. The van der Waals surface area contributed by atoms with Crippen molar-refractivity contribution in [3.8, 4) is 6.19 Å². The van der Waals surface area contributed by atoms with Crippen molar-refractivity contribution in [2.45, 2.75) is 12.7 Å². The van der Waals surface area contributed by atoms with E-state index in [-0.39, 0.29) is 35.4 Å². The van der Waals surface area contributed by atoms with Gasteiger partial charge in [0.05, 0.1) is 17.8 Å². The van der Waals surface area contributed by atoms with Crippen LogP contribution in [0, 0.1) is 11.5 Å². The van der Waals surface area contributed by atoms with Crippen molar-refractivity contribution in [2.24, 2.45) is 9.98 Å². The van der Waals surface area contributed by atoms with E-state index >= 15 is 0 Å². The number of amidine groups is 1. The highest BCUT2D eigenvalue weighted by Crippen LogP contribution is 2.31. The van der Waals surface area contributed by atoms with Gasteiger partial charge in [0.2, 0.25) is 5.96 Å². The molecule has 0 aliphatic heterocycles. The van der Waals surface area contributed by atoms with E-state index in [1.165, 1.54) is 12.1 Å². The lowest BCUT2D eigenvalue weighted by molar-refractivity contribution is -0.137. The van der Waals surface area contributed by atoms with Crippen LogP contribution < -0.4 is 10.8 Å².